The number of benzene rings is 1. The highest BCUT2D eigenvalue weighted by atomic mass is 35.7. The standard InChI is InChI=1S/C20H31ClO5S/c21-27(22,23)19-13-11-18(12-14-19)24-15-7-4-2-1-3-5-8-16-25-20-10-6-9-17-26-20/h11-14,20H,1-10,15-17H2. The molecular weight excluding hydrogens is 388 g/mol. The second kappa shape index (κ2) is 12.6. The number of unbranched alkanes of at least 4 members (excludes halogenated alkanes) is 6. The summed E-state index contributed by atoms with van der Waals surface area (Å²) < 4.78 is 39.2. The van der Waals surface area contributed by atoms with E-state index in [0.29, 0.717) is 12.4 Å². The lowest BCUT2D eigenvalue weighted by Crippen LogP contribution is -2.22. The van der Waals surface area contributed by atoms with E-state index in [0.717, 1.165) is 45.3 Å². The lowest BCUT2D eigenvalue weighted by molar-refractivity contribution is -0.162. The Morgan fingerprint density at radius 1 is 0.926 bits per heavy atom. The van der Waals surface area contributed by atoms with Gasteiger partial charge < -0.3 is 14.2 Å². The average molecular weight is 419 g/mol. The Morgan fingerprint density at radius 3 is 2.15 bits per heavy atom. The van der Waals surface area contributed by atoms with Gasteiger partial charge in [-0.2, -0.15) is 0 Å². The molecule has 0 aliphatic carbocycles. The zero-order valence-corrected chi connectivity index (χ0v) is 17.5. The van der Waals surface area contributed by atoms with E-state index >= 15 is 0 Å². The second-order valence-electron chi connectivity index (χ2n) is 6.90. The highest BCUT2D eigenvalue weighted by molar-refractivity contribution is 8.13. The van der Waals surface area contributed by atoms with Crippen molar-refractivity contribution in [2.24, 2.45) is 0 Å². The molecule has 0 bridgehead atoms. The van der Waals surface area contributed by atoms with E-state index in [-0.39, 0.29) is 11.2 Å². The van der Waals surface area contributed by atoms with Gasteiger partial charge in [0, 0.05) is 23.9 Å². The molecule has 1 aromatic carbocycles. The molecule has 1 aliphatic rings. The first-order valence-electron chi connectivity index (χ1n) is 9.96. The van der Waals surface area contributed by atoms with E-state index in [1.54, 1.807) is 12.1 Å². The van der Waals surface area contributed by atoms with Crippen LogP contribution in [0.5, 0.6) is 5.75 Å². The fourth-order valence-electron chi connectivity index (χ4n) is 3.03. The molecule has 27 heavy (non-hydrogen) atoms. The number of rotatable bonds is 13. The van der Waals surface area contributed by atoms with E-state index in [1.165, 1.54) is 44.2 Å². The molecule has 0 amide bonds. The molecule has 1 saturated heterocycles. The molecule has 1 aliphatic heterocycles. The van der Waals surface area contributed by atoms with Gasteiger partial charge in [-0.3, -0.25) is 0 Å². The molecule has 0 aromatic heterocycles. The summed E-state index contributed by atoms with van der Waals surface area (Å²) in [6.07, 6.45) is 11.6. The molecule has 0 saturated carbocycles. The SMILES string of the molecule is O=S(=O)(Cl)c1ccc(OCCCCCCCCCOC2CCCCO2)cc1. The molecule has 1 unspecified atom stereocenters. The molecule has 2 rings (SSSR count). The van der Waals surface area contributed by atoms with Crippen LogP contribution in [0.3, 0.4) is 0 Å². The molecule has 7 heteroatoms. The Bertz CT molecular complexity index is 612. The summed E-state index contributed by atoms with van der Waals surface area (Å²) in [7, 11) is 1.61. The van der Waals surface area contributed by atoms with Crippen molar-refractivity contribution in [3.8, 4) is 5.75 Å². The molecule has 0 radical (unpaired) electrons. The van der Waals surface area contributed by atoms with Gasteiger partial charge in [-0.15, -0.1) is 0 Å². The summed E-state index contributed by atoms with van der Waals surface area (Å²) in [4.78, 5) is 0.0909. The number of hydrogen-bond acceptors (Lipinski definition) is 5. The average Bonchev–Trinajstić information content (AvgIpc) is 2.66. The molecule has 1 aromatic rings. The monoisotopic (exact) mass is 418 g/mol. The van der Waals surface area contributed by atoms with Gasteiger partial charge in [-0.1, -0.05) is 32.1 Å². The third-order valence-corrected chi connectivity index (χ3v) is 5.97. The lowest BCUT2D eigenvalue weighted by atomic mass is 10.1. The molecule has 1 heterocycles. The smallest absolute Gasteiger partial charge is 0.261 e. The molecule has 0 N–H and O–H groups in total. The van der Waals surface area contributed by atoms with Crippen LogP contribution in [-0.2, 0) is 18.5 Å². The highest BCUT2D eigenvalue weighted by Crippen LogP contribution is 2.19. The van der Waals surface area contributed by atoms with E-state index in [2.05, 4.69) is 0 Å². The fourth-order valence-corrected chi connectivity index (χ4v) is 3.80. The van der Waals surface area contributed by atoms with Crippen molar-refractivity contribution in [1.29, 1.82) is 0 Å². The van der Waals surface area contributed by atoms with Crippen LogP contribution in [0, 0.1) is 0 Å². The maximum absolute atomic E-state index is 11.2. The first-order valence-corrected chi connectivity index (χ1v) is 12.3. The summed E-state index contributed by atoms with van der Waals surface area (Å²) in [5.41, 5.74) is 0. The Morgan fingerprint density at radius 2 is 1.56 bits per heavy atom. The van der Waals surface area contributed by atoms with Gasteiger partial charge in [0.25, 0.3) is 9.05 Å². The number of halogens is 1. The molecule has 154 valence electrons. The van der Waals surface area contributed by atoms with Crippen LogP contribution in [0.15, 0.2) is 29.2 Å². The van der Waals surface area contributed by atoms with Crippen LogP contribution < -0.4 is 4.74 Å². The quantitative estimate of drug-likeness (QED) is 0.322. The normalized spacial score (nSPS) is 17.7. The van der Waals surface area contributed by atoms with Crippen molar-refractivity contribution in [3.63, 3.8) is 0 Å². The minimum absolute atomic E-state index is 0.0364. The maximum Gasteiger partial charge on any atom is 0.261 e. The van der Waals surface area contributed by atoms with Crippen molar-refractivity contribution < 1.29 is 22.6 Å². The lowest BCUT2D eigenvalue weighted by Gasteiger charge is -2.22. The van der Waals surface area contributed by atoms with Crippen LogP contribution in [0.2, 0.25) is 0 Å². The van der Waals surface area contributed by atoms with E-state index < -0.39 is 9.05 Å². The number of ether oxygens (including phenoxy) is 3. The minimum Gasteiger partial charge on any atom is -0.494 e. The van der Waals surface area contributed by atoms with Crippen molar-refractivity contribution >= 4 is 19.7 Å². The van der Waals surface area contributed by atoms with E-state index in [4.69, 9.17) is 24.9 Å². The van der Waals surface area contributed by atoms with Gasteiger partial charge in [0.2, 0.25) is 0 Å². The minimum atomic E-state index is -3.67. The Balaban J connectivity index is 1.39. The highest BCUT2D eigenvalue weighted by Gasteiger charge is 2.13. The van der Waals surface area contributed by atoms with Crippen LogP contribution in [0.1, 0.15) is 64.2 Å². The van der Waals surface area contributed by atoms with Crippen molar-refractivity contribution in [2.45, 2.75) is 75.4 Å². The largest absolute Gasteiger partial charge is 0.494 e. The third kappa shape index (κ3) is 9.79. The van der Waals surface area contributed by atoms with Gasteiger partial charge in [0.15, 0.2) is 6.29 Å². The van der Waals surface area contributed by atoms with E-state index in [9.17, 15) is 8.42 Å². The van der Waals surface area contributed by atoms with Crippen LogP contribution >= 0.6 is 10.7 Å². The van der Waals surface area contributed by atoms with Crippen LogP contribution in [-0.4, -0.2) is 34.5 Å². The Hall–Kier alpha value is -0.820. The van der Waals surface area contributed by atoms with Crippen LogP contribution in [0.25, 0.3) is 0 Å². The van der Waals surface area contributed by atoms with Gasteiger partial charge >= 0.3 is 0 Å². The first kappa shape index (κ1) is 22.5. The summed E-state index contributed by atoms with van der Waals surface area (Å²) in [5, 5.41) is 0. The Labute approximate surface area is 167 Å². The molecule has 5 nitrogen and oxygen atoms in total. The summed E-state index contributed by atoms with van der Waals surface area (Å²) in [6.45, 7) is 2.29. The molecule has 1 atom stereocenters. The van der Waals surface area contributed by atoms with Gasteiger partial charge in [-0.05, 0) is 56.4 Å². The second-order valence-corrected chi connectivity index (χ2v) is 9.47. The predicted octanol–water partition coefficient (Wildman–Crippen LogP) is 5.27. The molecule has 0 spiro atoms. The van der Waals surface area contributed by atoms with Gasteiger partial charge in [0.05, 0.1) is 11.5 Å². The number of hydrogen-bond donors (Lipinski definition) is 0. The first-order chi connectivity index (χ1) is 13.1. The van der Waals surface area contributed by atoms with E-state index in [1.807, 2.05) is 0 Å². The van der Waals surface area contributed by atoms with Crippen LogP contribution in [0.4, 0.5) is 0 Å². The topological polar surface area (TPSA) is 61.8 Å². The molecule has 1 fully saturated rings. The van der Waals surface area contributed by atoms with Crippen molar-refractivity contribution in [2.75, 3.05) is 19.8 Å². The summed E-state index contributed by atoms with van der Waals surface area (Å²) in [6, 6.07) is 6.19. The zero-order chi connectivity index (χ0) is 19.4. The van der Waals surface area contributed by atoms with Crippen molar-refractivity contribution in [3.05, 3.63) is 24.3 Å². The maximum atomic E-state index is 11.2. The predicted molar refractivity (Wildman–Crippen MR) is 107 cm³/mol. The fraction of sp³-hybridized carbons (Fsp3) is 0.700. The zero-order valence-electron chi connectivity index (χ0n) is 15.9. The Kier molecular flexibility index (Phi) is 10.5. The summed E-state index contributed by atoms with van der Waals surface area (Å²) >= 11 is 0. The molecular formula is C20H31ClO5S. The van der Waals surface area contributed by atoms with Crippen molar-refractivity contribution in [1.82, 2.24) is 0 Å². The van der Waals surface area contributed by atoms with Gasteiger partial charge in [0.1, 0.15) is 5.75 Å². The third-order valence-electron chi connectivity index (χ3n) is 4.60. The summed E-state index contributed by atoms with van der Waals surface area (Å²) in [5.74, 6) is 0.668. The van der Waals surface area contributed by atoms with Gasteiger partial charge in [-0.25, -0.2) is 8.42 Å².